The van der Waals surface area contributed by atoms with Crippen LogP contribution in [0.2, 0.25) is 0 Å². The number of nitrogens with zero attached hydrogens (tertiary/aromatic N) is 3. The molecule has 0 bridgehead atoms. The van der Waals surface area contributed by atoms with Gasteiger partial charge < -0.3 is 10.5 Å². The van der Waals surface area contributed by atoms with Crippen molar-refractivity contribution in [2.24, 2.45) is 5.73 Å². The number of ether oxygens (including phenoxy) is 1. The molecule has 9 nitrogen and oxygen atoms in total. The van der Waals surface area contributed by atoms with E-state index in [9.17, 15) is 18.0 Å². The highest BCUT2D eigenvalue weighted by molar-refractivity contribution is 7.89. The fourth-order valence-corrected chi connectivity index (χ4v) is 4.83. The molecule has 10 heteroatoms. The number of hydrogen-bond acceptors (Lipinski definition) is 6. The van der Waals surface area contributed by atoms with E-state index in [2.05, 4.69) is 0 Å². The van der Waals surface area contributed by atoms with Gasteiger partial charge in [0.05, 0.1) is 16.5 Å². The zero-order chi connectivity index (χ0) is 22.4. The van der Waals surface area contributed by atoms with Gasteiger partial charge >= 0.3 is 0 Å². The Balaban J connectivity index is 1.80. The Morgan fingerprint density at radius 3 is 2.42 bits per heavy atom. The number of hydrogen-bond donors (Lipinski definition) is 1. The van der Waals surface area contributed by atoms with E-state index in [1.54, 1.807) is 30.3 Å². The first-order chi connectivity index (χ1) is 14.8. The first kappa shape index (κ1) is 22.3. The van der Waals surface area contributed by atoms with Crippen LogP contribution in [-0.4, -0.2) is 50.8 Å². The predicted octanol–water partition coefficient (Wildman–Crippen LogP) is 1.51. The van der Waals surface area contributed by atoms with Gasteiger partial charge in [-0.15, -0.1) is 0 Å². The topological polar surface area (TPSA) is 134 Å². The molecule has 2 amide bonds. The molecule has 0 radical (unpaired) electrons. The Kier molecular flexibility index (Phi) is 6.89. The molecule has 1 heterocycles. The normalized spacial score (nSPS) is 14.0. The lowest BCUT2D eigenvalue weighted by Gasteiger charge is -2.20. The van der Waals surface area contributed by atoms with Crippen molar-refractivity contribution >= 4 is 27.5 Å². The van der Waals surface area contributed by atoms with Crippen LogP contribution < -0.4 is 15.4 Å². The lowest BCUT2D eigenvalue weighted by Crippen LogP contribution is -2.35. The van der Waals surface area contributed by atoms with Crippen molar-refractivity contribution in [3.63, 3.8) is 0 Å². The van der Waals surface area contributed by atoms with E-state index < -0.39 is 28.4 Å². The Morgan fingerprint density at radius 1 is 1.13 bits per heavy atom. The summed E-state index contributed by atoms with van der Waals surface area (Å²) < 4.78 is 32.3. The first-order valence-corrected chi connectivity index (χ1v) is 11.1. The second kappa shape index (κ2) is 9.59. The van der Waals surface area contributed by atoms with E-state index in [1.807, 2.05) is 6.07 Å². The summed E-state index contributed by atoms with van der Waals surface area (Å²) in [5, 5.41) is 9.04. The standard InChI is InChI=1S/C21H22N4O5S/c22-10-13-25(16-6-2-1-3-7-16)20(26)15-30-19-9-8-17(14-18(19)21(23)27)31(28,29)24-11-4-5-12-24/h1-3,6-9,14H,4-5,11-13,15H2,(H2,23,27). The van der Waals surface area contributed by atoms with Crippen molar-refractivity contribution in [3.05, 3.63) is 54.1 Å². The number of nitriles is 1. The van der Waals surface area contributed by atoms with E-state index >= 15 is 0 Å². The summed E-state index contributed by atoms with van der Waals surface area (Å²) in [5.41, 5.74) is 5.81. The Hall–Kier alpha value is -3.42. The third-order valence-electron chi connectivity index (χ3n) is 4.87. The van der Waals surface area contributed by atoms with E-state index in [1.165, 1.54) is 27.4 Å². The molecule has 0 atom stereocenters. The summed E-state index contributed by atoms with van der Waals surface area (Å²) in [6.45, 7) is 0.210. The Morgan fingerprint density at radius 2 is 1.81 bits per heavy atom. The number of primary amides is 1. The van der Waals surface area contributed by atoms with Crippen molar-refractivity contribution in [3.8, 4) is 11.8 Å². The fourth-order valence-electron chi connectivity index (χ4n) is 3.29. The van der Waals surface area contributed by atoms with Crippen LogP contribution in [0.1, 0.15) is 23.2 Å². The van der Waals surface area contributed by atoms with Crippen LogP contribution in [0.25, 0.3) is 0 Å². The van der Waals surface area contributed by atoms with Crippen LogP contribution in [0.15, 0.2) is 53.4 Å². The van der Waals surface area contributed by atoms with Crippen LogP contribution in [0.3, 0.4) is 0 Å². The van der Waals surface area contributed by atoms with Gasteiger partial charge in [0.15, 0.2) is 6.61 Å². The number of carbonyl (C=O) groups is 2. The van der Waals surface area contributed by atoms with Gasteiger partial charge in [-0.05, 0) is 43.2 Å². The number of carbonyl (C=O) groups excluding carboxylic acids is 2. The van der Waals surface area contributed by atoms with Gasteiger partial charge in [-0.25, -0.2) is 8.42 Å². The maximum atomic E-state index is 12.7. The summed E-state index contributed by atoms with van der Waals surface area (Å²) in [6.07, 6.45) is 1.57. The van der Waals surface area contributed by atoms with E-state index in [-0.39, 0.29) is 22.8 Å². The highest BCUT2D eigenvalue weighted by atomic mass is 32.2. The number of benzene rings is 2. The predicted molar refractivity (Wildman–Crippen MR) is 113 cm³/mol. The fraction of sp³-hybridized carbons (Fsp3) is 0.286. The van der Waals surface area contributed by atoms with Crippen molar-refractivity contribution in [2.75, 3.05) is 31.1 Å². The maximum Gasteiger partial charge on any atom is 0.265 e. The van der Waals surface area contributed by atoms with Crippen molar-refractivity contribution < 1.29 is 22.7 Å². The maximum absolute atomic E-state index is 12.7. The molecule has 31 heavy (non-hydrogen) atoms. The molecule has 1 fully saturated rings. The SMILES string of the molecule is N#CCN(C(=O)COc1ccc(S(=O)(=O)N2CCCC2)cc1C(N)=O)c1ccccc1. The zero-order valence-corrected chi connectivity index (χ0v) is 17.5. The largest absolute Gasteiger partial charge is 0.483 e. The van der Waals surface area contributed by atoms with Gasteiger partial charge in [-0.2, -0.15) is 9.57 Å². The first-order valence-electron chi connectivity index (χ1n) is 9.64. The molecule has 2 aromatic rings. The molecule has 1 saturated heterocycles. The number of rotatable bonds is 8. The number of anilines is 1. The van der Waals surface area contributed by atoms with Crippen LogP contribution in [0.4, 0.5) is 5.69 Å². The molecule has 0 saturated carbocycles. The third-order valence-corrected chi connectivity index (χ3v) is 6.76. The molecule has 1 aliphatic rings. The van der Waals surface area contributed by atoms with Crippen molar-refractivity contribution in [2.45, 2.75) is 17.7 Å². The molecule has 2 N–H and O–H groups in total. The second-order valence-corrected chi connectivity index (χ2v) is 8.83. The minimum absolute atomic E-state index is 0.00816. The van der Waals surface area contributed by atoms with Crippen LogP contribution in [-0.2, 0) is 14.8 Å². The molecule has 0 unspecified atom stereocenters. The Labute approximate surface area is 180 Å². The average molecular weight is 442 g/mol. The molecular weight excluding hydrogens is 420 g/mol. The summed E-state index contributed by atoms with van der Waals surface area (Å²) >= 11 is 0. The molecular formula is C21H22N4O5S. The zero-order valence-electron chi connectivity index (χ0n) is 16.7. The Bertz CT molecular complexity index is 1110. The van der Waals surface area contributed by atoms with Crippen LogP contribution in [0.5, 0.6) is 5.75 Å². The minimum atomic E-state index is -3.74. The monoisotopic (exact) mass is 442 g/mol. The smallest absolute Gasteiger partial charge is 0.265 e. The number of nitrogens with two attached hydrogens (primary N) is 1. The molecule has 2 aromatic carbocycles. The molecule has 162 valence electrons. The van der Waals surface area contributed by atoms with Gasteiger partial charge in [-0.1, -0.05) is 18.2 Å². The van der Waals surface area contributed by atoms with Crippen molar-refractivity contribution in [1.29, 1.82) is 5.26 Å². The van der Waals surface area contributed by atoms with E-state index in [0.29, 0.717) is 18.8 Å². The molecule has 1 aliphatic heterocycles. The number of sulfonamides is 1. The second-order valence-electron chi connectivity index (χ2n) is 6.90. The quantitative estimate of drug-likeness (QED) is 0.616. The van der Waals surface area contributed by atoms with Gasteiger partial charge in [0.25, 0.3) is 11.8 Å². The third kappa shape index (κ3) is 5.02. The van der Waals surface area contributed by atoms with E-state index in [0.717, 1.165) is 12.8 Å². The van der Waals surface area contributed by atoms with Gasteiger partial charge in [0.1, 0.15) is 12.3 Å². The molecule has 0 spiro atoms. The highest BCUT2D eigenvalue weighted by Gasteiger charge is 2.28. The van der Waals surface area contributed by atoms with Crippen LogP contribution in [0, 0.1) is 11.3 Å². The highest BCUT2D eigenvalue weighted by Crippen LogP contribution is 2.26. The van der Waals surface area contributed by atoms with Gasteiger partial charge in [-0.3, -0.25) is 14.5 Å². The summed E-state index contributed by atoms with van der Waals surface area (Å²) in [4.78, 5) is 25.7. The average Bonchev–Trinajstić information content (AvgIpc) is 3.32. The summed E-state index contributed by atoms with van der Waals surface area (Å²) in [6, 6.07) is 14.4. The number of para-hydroxylation sites is 1. The summed E-state index contributed by atoms with van der Waals surface area (Å²) in [7, 11) is -3.74. The van der Waals surface area contributed by atoms with Crippen molar-refractivity contribution in [1.82, 2.24) is 4.31 Å². The summed E-state index contributed by atoms with van der Waals surface area (Å²) in [5.74, 6) is -1.39. The lowest BCUT2D eigenvalue weighted by atomic mass is 10.2. The van der Waals surface area contributed by atoms with Gasteiger partial charge in [0.2, 0.25) is 10.0 Å². The molecule has 0 aromatic heterocycles. The van der Waals surface area contributed by atoms with Gasteiger partial charge in [0, 0.05) is 18.8 Å². The van der Waals surface area contributed by atoms with Crippen LogP contribution >= 0.6 is 0 Å². The van der Waals surface area contributed by atoms with E-state index in [4.69, 9.17) is 15.7 Å². The molecule has 0 aliphatic carbocycles. The minimum Gasteiger partial charge on any atom is -0.483 e. The number of amides is 2. The molecule has 3 rings (SSSR count). The lowest BCUT2D eigenvalue weighted by molar-refractivity contribution is -0.120.